The molecule has 0 aromatic rings. The minimum Gasteiger partial charge on any atom is -0.0856 e. The van der Waals surface area contributed by atoms with E-state index in [1.165, 1.54) is 32.1 Å². The highest BCUT2D eigenvalue weighted by Crippen LogP contribution is 2.15. The van der Waals surface area contributed by atoms with Gasteiger partial charge in [0.25, 0.3) is 0 Å². The van der Waals surface area contributed by atoms with Gasteiger partial charge in [0.1, 0.15) is 0 Å². The predicted octanol–water partition coefficient (Wildman–Crippen LogP) is 3.92. The van der Waals surface area contributed by atoms with Gasteiger partial charge in [-0.15, -0.1) is 0 Å². The monoisotopic (exact) mass is 140 g/mol. The van der Waals surface area contributed by atoms with Crippen LogP contribution in [0.25, 0.3) is 0 Å². The lowest BCUT2D eigenvalue weighted by Gasteiger charge is -1.91. The SMILES string of the molecule is CC.CC1=CCCCCC1. The Balaban J connectivity index is 0.000000371. The van der Waals surface area contributed by atoms with E-state index in [0.717, 1.165) is 0 Å². The summed E-state index contributed by atoms with van der Waals surface area (Å²) in [5.74, 6) is 0. The van der Waals surface area contributed by atoms with Gasteiger partial charge in [0, 0.05) is 0 Å². The van der Waals surface area contributed by atoms with Gasteiger partial charge >= 0.3 is 0 Å². The van der Waals surface area contributed by atoms with Crippen molar-refractivity contribution in [3.63, 3.8) is 0 Å². The maximum Gasteiger partial charge on any atom is -0.0323 e. The van der Waals surface area contributed by atoms with E-state index in [2.05, 4.69) is 13.0 Å². The van der Waals surface area contributed by atoms with E-state index in [-0.39, 0.29) is 0 Å². The molecular formula is C10H20. The Hall–Kier alpha value is -0.260. The third kappa shape index (κ3) is 4.60. The second-order valence-electron chi connectivity index (χ2n) is 2.65. The minimum atomic E-state index is 1.33. The summed E-state index contributed by atoms with van der Waals surface area (Å²) in [5, 5.41) is 0. The van der Waals surface area contributed by atoms with Crippen molar-refractivity contribution in [2.75, 3.05) is 0 Å². The third-order valence-corrected chi connectivity index (χ3v) is 1.77. The molecule has 0 radical (unpaired) electrons. The highest BCUT2D eigenvalue weighted by molar-refractivity contribution is 4.98. The summed E-state index contributed by atoms with van der Waals surface area (Å²) in [4.78, 5) is 0. The Bertz CT molecular complexity index is 90.2. The molecule has 0 aromatic heterocycles. The van der Waals surface area contributed by atoms with Gasteiger partial charge in [0.2, 0.25) is 0 Å². The first-order valence-electron chi connectivity index (χ1n) is 4.55. The standard InChI is InChI=1S/C8H14.C2H6/c1-8-6-4-2-3-5-7-8;1-2/h6H,2-5,7H2,1H3;1-2H3. The first-order chi connectivity index (χ1) is 4.89. The molecule has 0 bridgehead atoms. The van der Waals surface area contributed by atoms with Gasteiger partial charge in [-0.25, -0.2) is 0 Å². The molecule has 0 saturated carbocycles. The van der Waals surface area contributed by atoms with E-state index < -0.39 is 0 Å². The summed E-state index contributed by atoms with van der Waals surface area (Å²) in [6.07, 6.45) is 9.33. The van der Waals surface area contributed by atoms with E-state index in [9.17, 15) is 0 Å². The Kier molecular flexibility index (Phi) is 6.68. The van der Waals surface area contributed by atoms with Crippen molar-refractivity contribution in [2.45, 2.75) is 52.9 Å². The van der Waals surface area contributed by atoms with Crippen LogP contribution in [0.3, 0.4) is 0 Å². The van der Waals surface area contributed by atoms with E-state index >= 15 is 0 Å². The summed E-state index contributed by atoms with van der Waals surface area (Å²) in [7, 11) is 0. The average molecular weight is 140 g/mol. The quantitative estimate of drug-likeness (QED) is 0.447. The summed E-state index contributed by atoms with van der Waals surface area (Å²) in [6, 6.07) is 0. The Morgan fingerprint density at radius 1 is 1.10 bits per heavy atom. The van der Waals surface area contributed by atoms with Gasteiger partial charge in [-0.3, -0.25) is 0 Å². The molecule has 0 aromatic carbocycles. The third-order valence-electron chi connectivity index (χ3n) is 1.77. The molecule has 0 spiro atoms. The van der Waals surface area contributed by atoms with Crippen LogP contribution in [0, 0.1) is 0 Å². The molecule has 0 aliphatic heterocycles. The van der Waals surface area contributed by atoms with Crippen molar-refractivity contribution in [3.8, 4) is 0 Å². The van der Waals surface area contributed by atoms with Crippen LogP contribution in [0.5, 0.6) is 0 Å². The zero-order valence-corrected chi connectivity index (χ0v) is 7.61. The maximum atomic E-state index is 2.38. The lowest BCUT2D eigenvalue weighted by molar-refractivity contribution is 0.711. The zero-order valence-electron chi connectivity index (χ0n) is 7.61. The van der Waals surface area contributed by atoms with Crippen molar-refractivity contribution in [2.24, 2.45) is 0 Å². The Morgan fingerprint density at radius 3 is 2.50 bits per heavy atom. The Labute approximate surface area is 65.3 Å². The van der Waals surface area contributed by atoms with Gasteiger partial charge in [-0.1, -0.05) is 31.9 Å². The molecule has 0 fully saturated rings. The molecule has 0 nitrogen and oxygen atoms in total. The molecular weight excluding hydrogens is 120 g/mol. The topological polar surface area (TPSA) is 0 Å². The van der Waals surface area contributed by atoms with E-state index in [4.69, 9.17) is 0 Å². The van der Waals surface area contributed by atoms with Crippen molar-refractivity contribution in [3.05, 3.63) is 11.6 Å². The van der Waals surface area contributed by atoms with Crippen molar-refractivity contribution < 1.29 is 0 Å². The predicted molar refractivity (Wildman–Crippen MR) is 48.2 cm³/mol. The van der Waals surface area contributed by atoms with Gasteiger partial charge in [0.15, 0.2) is 0 Å². The van der Waals surface area contributed by atoms with E-state index in [0.29, 0.717) is 0 Å². The normalized spacial score (nSPS) is 18.1. The highest BCUT2D eigenvalue weighted by atomic mass is 14.0. The lowest BCUT2D eigenvalue weighted by Crippen LogP contribution is -1.71. The molecule has 60 valence electrons. The van der Waals surface area contributed by atoms with Crippen molar-refractivity contribution in [1.29, 1.82) is 0 Å². The summed E-state index contributed by atoms with van der Waals surface area (Å²) >= 11 is 0. The van der Waals surface area contributed by atoms with Crippen molar-refractivity contribution >= 4 is 0 Å². The molecule has 0 heterocycles. The van der Waals surface area contributed by atoms with Crippen LogP contribution in [-0.2, 0) is 0 Å². The number of hydrogen-bond acceptors (Lipinski definition) is 0. The molecule has 0 unspecified atom stereocenters. The number of rotatable bonds is 0. The molecule has 0 amide bonds. The summed E-state index contributed by atoms with van der Waals surface area (Å²) < 4.78 is 0. The number of hydrogen-bond donors (Lipinski definition) is 0. The Morgan fingerprint density at radius 2 is 1.80 bits per heavy atom. The van der Waals surface area contributed by atoms with Crippen LogP contribution in [0.15, 0.2) is 11.6 Å². The van der Waals surface area contributed by atoms with Crippen LogP contribution < -0.4 is 0 Å². The van der Waals surface area contributed by atoms with E-state index in [1.54, 1.807) is 5.57 Å². The fourth-order valence-corrected chi connectivity index (χ4v) is 1.18. The zero-order chi connectivity index (χ0) is 7.82. The smallest absolute Gasteiger partial charge is 0.0323 e. The van der Waals surface area contributed by atoms with Crippen LogP contribution in [-0.4, -0.2) is 0 Å². The molecule has 1 aliphatic carbocycles. The molecule has 0 heteroatoms. The second kappa shape index (κ2) is 6.85. The molecule has 10 heavy (non-hydrogen) atoms. The van der Waals surface area contributed by atoms with Crippen LogP contribution in [0.2, 0.25) is 0 Å². The molecule has 1 rings (SSSR count). The lowest BCUT2D eigenvalue weighted by atomic mass is 10.2. The average Bonchev–Trinajstić information content (AvgIpc) is 2.21. The van der Waals surface area contributed by atoms with Gasteiger partial charge in [-0.2, -0.15) is 0 Å². The van der Waals surface area contributed by atoms with Gasteiger partial charge < -0.3 is 0 Å². The first-order valence-corrected chi connectivity index (χ1v) is 4.55. The van der Waals surface area contributed by atoms with Crippen LogP contribution >= 0.6 is 0 Å². The highest BCUT2D eigenvalue weighted by Gasteiger charge is 1.95. The fourth-order valence-electron chi connectivity index (χ4n) is 1.18. The number of allylic oxidation sites excluding steroid dienone is 2. The first kappa shape index (κ1) is 9.74. The molecule has 0 N–H and O–H groups in total. The van der Waals surface area contributed by atoms with Crippen LogP contribution in [0.1, 0.15) is 52.9 Å². The largest absolute Gasteiger partial charge is 0.0856 e. The molecule has 1 aliphatic rings. The van der Waals surface area contributed by atoms with E-state index in [1.807, 2.05) is 13.8 Å². The van der Waals surface area contributed by atoms with Gasteiger partial charge in [0.05, 0.1) is 0 Å². The second-order valence-corrected chi connectivity index (χ2v) is 2.65. The summed E-state index contributed by atoms with van der Waals surface area (Å²) in [5.41, 5.74) is 1.60. The summed E-state index contributed by atoms with van der Waals surface area (Å²) in [6.45, 7) is 6.24. The van der Waals surface area contributed by atoms with Crippen LogP contribution in [0.4, 0.5) is 0 Å². The maximum absolute atomic E-state index is 2.38. The fraction of sp³-hybridized carbons (Fsp3) is 0.800. The molecule has 0 saturated heterocycles. The van der Waals surface area contributed by atoms with Crippen molar-refractivity contribution in [1.82, 2.24) is 0 Å². The minimum absolute atomic E-state index is 1.33. The van der Waals surface area contributed by atoms with Gasteiger partial charge in [-0.05, 0) is 32.6 Å². The molecule has 0 atom stereocenters.